The molecular formula is C9H15N3O. The topological polar surface area (TPSA) is 64.1 Å². The predicted octanol–water partition coefficient (Wildman–Crippen LogP) is 0.192. The molecule has 1 saturated carbocycles. The van der Waals surface area contributed by atoms with Gasteiger partial charge in [-0.1, -0.05) is 0 Å². The first kappa shape index (κ1) is 8.72. The van der Waals surface area contributed by atoms with E-state index in [1.165, 1.54) is 0 Å². The molecule has 1 fully saturated rings. The smallest absolute Gasteiger partial charge is 0.104 e. The number of nitrogens with two attached hydrogens (primary N) is 1. The van der Waals surface area contributed by atoms with E-state index in [0.717, 1.165) is 18.5 Å². The average molecular weight is 181 g/mol. The molecule has 0 bridgehead atoms. The zero-order valence-corrected chi connectivity index (χ0v) is 7.77. The summed E-state index contributed by atoms with van der Waals surface area (Å²) >= 11 is 0. The Balaban J connectivity index is 2.17. The van der Waals surface area contributed by atoms with Crippen molar-refractivity contribution in [2.75, 3.05) is 6.54 Å². The molecule has 1 atom stereocenters. The van der Waals surface area contributed by atoms with Crippen LogP contribution in [0.4, 0.5) is 0 Å². The lowest BCUT2D eigenvalue weighted by molar-refractivity contribution is 0.0937. The number of imidazole rings is 1. The molecule has 4 nitrogen and oxygen atoms in total. The fraction of sp³-hybridized carbons (Fsp3) is 0.667. The van der Waals surface area contributed by atoms with Gasteiger partial charge in [-0.25, -0.2) is 4.98 Å². The highest BCUT2D eigenvalue weighted by Gasteiger charge is 2.49. The van der Waals surface area contributed by atoms with Crippen LogP contribution in [-0.4, -0.2) is 21.2 Å². The molecule has 2 rings (SSSR count). The van der Waals surface area contributed by atoms with Crippen molar-refractivity contribution in [1.29, 1.82) is 0 Å². The number of aromatic nitrogens is 2. The number of rotatable bonds is 3. The lowest BCUT2D eigenvalue weighted by Crippen LogP contribution is -2.23. The van der Waals surface area contributed by atoms with E-state index < -0.39 is 6.10 Å². The van der Waals surface area contributed by atoms with E-state index in [4.69, 9.17) is 5.73 Å². The molecule has 0 radical (unpaired) electrons. The van der Waals surface area contributed by atoms with Crippen LogP contribution in [0.1, 0.15) is 24.6 Å². The number of aryl methyl sites for hydroxylation is 1. The lowest BCUT2D eigenvalue weighted by atomic mass is 9.97. The highest BCUT2D eigenvalue weighted by atomic mass is 16.3. The molecule has 0 amide bonds. The minimum Gasteiger partial charge on any atom is -0.386 e. The summed E-state index contributed by atoms with van der Waals surface area (Å²) < 4.78 is 1.84. The van der Waals surface area contributed by atoms with Gasteiger partial charge in [0.1, 0.15) is 6.10 Å². The van der Waals surface area contributed by atoms with Gasteiger partial charge in [0.15, 0.2) is 0 Å². The molecule has 1 heterocycles. The van der Waals surface area contributed by atoms with Crippen LogP contribution in [0, 0.1) is 5.41 Å². The summed E-state index contributed by atoms with van der Waals surface area (Å²) in [5, 5.41) is 9.97. The number of hydrogen-bond donors (Lipinski definition) is 2. The third kappa shape index (κ3) is 1.36. The molecule has 0 aromatic carbocycles. The largest absolute Gasteiger partial charge is 0.386 e. The van der Waals surface area contributed by atoms with E-state index in [1.807, 2.05) is 17.8 Å². The van der Waals surface area contributed by atoms with Gasteiger partial charge in [0, 0.05) is 25.2 Å². The molecule has 3 N–H and O–H groups in total. The van der Waals surface area contributed by atoms with Crippen molar-refractivity contribution in [3.05, 3.63) is 18.2 Å². The van der Waals surface area contributed by atoms with Crippen molar-refractivity contribution in [2.45, 2.75) is 18.9 Å². The van der Waals surface area contributed by atoms with Gasteiger partial charge in [-0.2, -0.15) is 0 Å². The Morgan fingerprint density at radius 2 is 2.46 bits per heavy atom. The predicted molar refractivity (Wildman–Crippen MR) is 48.9 cm³/mol. The first-order chi connectivity index (χ1) is 6.18. The van der Waals surface area contributed by atoms with Crippen LogP contribution in [0.25, 0.3) is 0 Å². The third-order valence-electron chi connectivity index (χ3n) is 2.88. The Hall–Kier alpha value is -0.870. The van der Waals surface area contributed by atoms with Crippen LogP contribution in [0.3, 0.4) is 0 Å². The quantitative estimate of drug-likeness (QED) is 0.699. The van der Waals surface area contributed by atoms with Crippen LogP contribution < -0.4 is 5.73 Å². The molecule has 4 heteroatoms. The van der Waals surface area contributed by atoms with Gasteiger partial charge in [0.2, 0.25) is 0 Å². The Bertz CT molecular complexity index is 304. The Morgan fingerprint density at radius 1 is 1.77 bits per heavy atom. The maximum absolute atomic E-state index is 9.97. The van der Waals surface area contributed by atoms with Crippen molar-refractivity contribution in [2.24, 2.45) is 18.2 Å². The molecule has 0 saturated heterocycles. The average Bonchev–Trinajstić information content (AvgIpc) is 2.82. The molecule has 1 aliphatic carbocycles. The van der Waals surface area contributed by atoms with Gasteiger partial charge >= 0.3 is 0 Å². The zero-order valence-electron chi connectivity index (χ0n) is 7.77. The third-order valence-corrected chi connectivity index (χ3v) is 2.88. The van der Waals surface area contributed by atoms with E-state index in [1.54, 1.807) is 6.33 Å². The maximum atomic E-state index is 9.97. The van der Waals surface area contributed by atoms with Crippen molar-refractivity contribution in [3.8, 4) is 0 Å². The van der Waals surface area contributed by atoms with Crippen LogP contribution >= 0.6 is 0 Å². The summed E-state index contributed by atoms with van der Waals surface area (Å²) in [6.45, 7) is 0.546. The SMILES string of the molecule is Cn1cnc(C(O)C2(CN)CC2)c1. The van der Waals surface area contributed by atoms with Crippen LogP contribution in [0.5, 0.6) is 0 Å². The van der Waals surface area contributed by atoms with E-state index in [0.29, 0.717) is 6.54 Å². The highest BCUT2D eigenvalue weighted by Crippen LogP contribution is 2.53. The van der Waals surface area contributed by atoms with Gasteiger partial charge < -0.3 is 15.4 Å². The lowest BCUT2D eigenvalue weighted by Gasteiger charge is -2.17. The Morgan fingerprint density at radius 3 is 2.85 bits per heavy atom. The minimum absolute atomic E-state index is 0.0750. The van der Waals surface area contributed by atoms with E-state index in [2.05, 4.69) is 4.98 Å². The Labute approximate surface area is 77.4 Å². The van der Waals surface area contributed by atoms with Crippen molar-refractivity contribution >= 4 is 0 Å². The van der Waals surface area contributed by atoms with Gasteiger partial charge in [-0.15, -0.1) is 0 Å². The molecule has 1 aliphatic rings. The molecular weight excluding hydrogens is 166 g/mol. The molecule has 13 heavy (non-hydrogen) atoms. The standard InChI is InChI=1S/C9H15N3O/c1-12-4-7(11-6-12)8(13)9(5-10)2-3-9/h4,6,8,13H,2-3,5,10H2,1H3. The molecule has 72 valence electrons. The second-order valence-electron chi connectivity index (χ2n) is 3.93. The van der Waals surface area contributed by atoms with E-state index in [9.17, 15) is 5.11 Å². The highest BCUT2D eigenvalue weighted by molar-refractivity contribution is 5.12. The van der Waals surface area contributed by atoms with Crippen LogP contribution in [0.2, 0.25) is 0 Å². The van der Waals surface area contributed by atoms with Gasteiger partial charge in [0.05, 0.1) is 12.0 Å². The minimum atomic E-state index is -0.487. The zero-order chi connectivity index (χ0) is 9.47. The fourth-order valence-electron chi connectivity index (χ4n) is 1.64. The summed E-state index contributed by atoms with van der Waals surface area (Å²) in [5.41, 5.74) is 6.29. The first-order valence-corrected chi connectivity index (χ1v) is 4.54. The fourth-order valence-corrected chi connectivity index (χ4v) is 1.64. The van der Waals surface area contributed by atoms with E-state index in [-0.39, 0.29) is 5.41 Å². The molecule has 1 aromatic heterocycles. The van der Waals surface area contributed by atoms with Gasteiger partial charge in [0.25, 0.3) is 0 Å². The van der Waals surface area contributed by atoms with Crippen LogP contribution in [-0.2, 0) is 7.05 Å². The number of aliphatic hydroxyl groups excluding tert-OH is 1. The maximum Gasteiger partial charge on any atom is 0.104 e. The first-order valence-electron chi connectivity index (χ1n) is 4.54. The summed E-state index contributed by atoms with van der Waals surface area (Å²) in [5.74, 6) is 0. The Kier molecular flexibility index (Phi) is 1.89. The summed E-state index contributed by atoms with van der Waals surface area (Å²) in [7, 11) is 1.89. The summed E-state index contributed by atoms with van der Waals surface area (Å²) in [4.78, 5) is 4.13. The molecule has 0 spiro atoms. The molecule has 1 unspecified atom stereocenters. The number of hydrogen-bond acceptors (Lipinski definition) is 3. The second-order valence-corrected chi connectivity index (χ2v) is 3.93. The summed E-state index contributed by atoms with van der Waals surface area (Å²) in [6.07, 6.45) is 5.09. The second kappa shape index (κ2) is 2.82. The van der Waals surface area contributed by atoms with Crippen molar-refractivity contribution in [1.82, 2.24) is 9.55 Å². The van der Waals surface area contributed by atoms with Gasteiger partial charge in [-0.3, -0.25) is 0 Å². The summed E-state index contributed by atoms with van der Waals surface area (Å²) in [6, 6.07) is 0. The van der Waals surface area contributed by atoms with E-state index >= 15 is 0 Å². The monoisotopic (exact) mass is 181 g/mol. The molecule has 1 aromatic rings. The normalized spacial score (nSPS) is 21.5. The van der Waals surface area contributed by atoms with Gasteiger partial charge in [-0.05, 0) is 12.8 Å². The number of nitrogens with zero attached hydrogens (tertiary/aromatic N) is 2. The molecule has 0 aliphatic heterocycles. The van der Waals surface area contributed by atoms with Crippen molar-refractivity contribution < 1.29 is 5.11 Å². The number of aliphatic hydroxyl groups is 1. The van der Waals surface area contributed by atoms with Crippen molar-refractivity contribution in [3.63, 3.8) is 0 Å². The van der Waals surface area contributed by atoms with Crippen LogP contribution in [0.15, 0.2) is 12.5 Å².